The maximum absolute atomic E-state index is 2.25. The predicted octanol–water partition coefficient (Wildman–Crippen LogP) is 4.66. The van der Waals surface area contributed by atoms with Gasteiger partial charge in [0.15, 0.2) is 0 Å². The van der Waals surface area contributed by atoms with E-state index in [1.54, 1.807) is 0 Å². The Morgan fingerprint density at radius 2 is 1.79 bits per heavy atom. The minimum atomic E-state index is 1.30. The van der Waals surface area contributed by atoms with Crippen molar-refractivity contribution >= 4 is 28.2 Å². The minimum absolute atomic E-state index is 1.30. The molecule has 0 atom stereocenters. The summed E-state index contributed by atoms with van der Waals surface area (Å²) in [6.45, 7) is 6.40. The van der Waals surface area contributed by atoms with Crippen LogP contribution < -0.4 is 0 Å². The summed E-state index contributed by atoms with van der Waals surface area (Å²) in [6, 6.07) is 6.43. The first kappa shape index (κ1) is 11.5. The van der Waals surface area contributed by atoms with E-state index in [2.05, 4.69) is 77.8 Å². The summed E-state index contributed by atoms with van der Waals surface area (Å²) in [4.78, 5) is 0. The lowest BCUT2D eigenvalue weighted by atomic mass is 9.96. The highest BCUT2D eigenvalue weighted by Gasteiger charge is 2.03. The molecule has 0 heterocycles. The van der Waals surface area contributed by atoms with Gasteiger partial charge in [-0.25, -0.2) is 0 Å². The molecule has 0 saturated carbocycles. The Balaban J connectivity index is 3.30. The van der Waals surface area contributed by atoms with Crippen LogP contribution in [0.2, 0.25) is 0 Å². The number of rotatable bonds is 2. The van der Waals surface area contributed by atoms with E-state index in [-0.39, 0.29) is 0 Å². The van der Waals surface area contributed by atoms with Crippen LogP contribution in [0.5, 0.6) is 0 Å². The van der Waals surface area contributed by atoms with E-state index in [1.165, 1.54) is 22.3 Å². The molecule has 0 N–H and O–H groups in total. The van der Waals surface area contributed by atoms with Crippen LogP contribution in [0.25, 0.3) is 5.57 Å². The van der Waals surface area contributed by atoms with E-state index >= 15 is 0 Å². The molecule has 1 aromatic carbocycles. The van der Waals surface area contributed by atoms with Gasteiger partial charge >= 0.3 is 0 Å². The molecule has 0 amide bonds. The second kappa shape index (κ2) is 5.35. The first-order valence-electron chi connectivity index (χ1n) is 4.70. The van der Waals surface area contributed by atoms with Gasteiger partial charge in [-0.05, 0) is 53.2 Å². The van der Waals surface area contributed by atoms with Gasteiger partial charge in [0, 0.05) is 0 Å². The van der Waals surface area contributed by atoms with Crippen LogP contribution in [0.4, 0.5) is 0 Å². The van der Waals surface area contributed by atoms with E-state index in [4.69, 9.17) is 0 Å². The van der Waals surface area contributed by atoms with Gasteiger partial charge in [-0.3, -0.25) is 0 Å². The monoisotopic (exact) mass is 298 g/mol. The minimum Gasteiger partial charge on any atom is -0.0797 e. The van der Waals surface area contributed by atoms with Crippen molar-refractivity contribution < 1.29 is 0 Å². The molecular formula is C13H15I. The van der Waals surface area contributed by atoms with Crippen LogP contribution >= 0.6 is 22.6 Å². The van der Waals surface area contributed by atoms with Crippen LogP contribution in [0.1, 0.15) is 23.6 Å². The second-order valence-corrected chi connectivity index (χ2v) is 4.02. The molecule has 1 rings (SSSR count). The smallest absolute Gasteiger partial charge is 0.0129 e. The van der Waals surface area contributed by atoms with Crippen molar-refractivity contribution in [2.45, 2.75) is 20.8 Å². The van der Waals surface area contributed by atoms with Gasteiger partial charge in [0.2, 0.25) is 0 Å². The summed E-state index contributed by atoms with van der Waals surface area (Å²) >= 11 is 2.25. The Labute approximate surface area is 99.9 Å². The Morgan fingerprint density at radius 1 is 1.21 bits per heavy atom. The average molecular weight is 298 g/mol. The summed E-state index contributed by atoms with van der Waals surface area (Å²) in [5, 5.41) is 0. The number of hydrogen-bond donors (Lipinski definition) is 0. The summed E-state index contributed by atoms with van der Waals surface area (Å²) < 4.78 is 2.05. The maximum atomic E-state index is 2.25. The van der Waals surface area contributed by atoms with Gasteiger partial charge in [0.25, 0.3) is 0 Å². The standard InChI is InChI=1S/C13H15I/c1-4-12(8-9-14)13-10(2)6-5-7-11(13)3/h4-9H,1-3H3/b9-8-,12-4+. The molecule has 1 aromatic rings. The lowest BCUT2D eigenvalue weighted by Crippen LogP contribution is -1.90. The van der Waals surface area contributed by atoms with Gasteiger partial charge in [0.05, 0.1) is 0 Å². The molecule has 74 valence electrons. The zero-order valence-corrected chi connectivity index (χ0v) is 11.0. The first-order valence-corrected chi connectivity index (χ1v) is 5.95. The summed E-state index contributed by atoms with van der Waals surface area (Å²) in [5.41, 5.74) is 5.35. The number of halogens is 1. The molecule has 0 fully saturated rings. The summed E-state index contributed by atoms with van der Waals surface area (Å²) in [6.07, 6.45) is 4.31. The zero-order chi connectivity index (χ0) is 10.6. The Hall–Kier alpha value is -0.570. The van der Waals surface area contributed by atoms with Crippen molar-refractivity contribution in [3.05, 3.63) is 51.1 Å². The van der Waals surface area contributed by atoms with Crippen molar-refractivity contribution in [3.63, 3.8) is 0 Å². The van der Waals surface area contributed by atoms with Gasteiger partial charge in [0.1, 0.15) is 0 Å². The normalized spacial score (nSPS) is 12.4. The summed E-state index contributed by atoms with van der Waals surface area (Å²) in [7, 11) is 0. The SMILES string of the molecule is C/C=C(\C=C/I)c1c(C)cccc1C. The van der Waals surface area contributed by atoms with Crippen molar-refractivity contribution in [3.8, 4) is 0 Å². The quantitative estimate of drug-likeness (QED) is 0.550. The van der Waals surface area contributed by atoms with E-state index in [0.29, 0.717) is 0 Å². The third-order valence-electron chi connectivity index (χ3n) is 2.32. The van der Waals surface area contributed by atoms with Gasteiger partial charge in [-0.1, -0.05) is 46.9 Å². The molecule has 0 radical (unpaired) electrons. The van der Waals surface area contributed by atoms with Gasteiger partial charge < -0.3 is 0 Å². The van der Waals surface area contributed by atoms with Crippen LogP contribution in [-0.4, -0.2) is 0 Å². The number of benzene rings is 1. The Morgan fingerprint density at radius 3 is 2.21 bits per heavy atom. The Kier molecular flexibility index (Phi) is 4.39. The molecule has 0 nitrogen and oxygen atoms in total. The fourth-order valence-electron chi connectivity index (χ4n) is 1.66. The largest absolute Gasteiger partial charge is 0.0797 e. The van der Waals surface area contributed by atoms with Crippen molar-refractivity contribution in [2.75, 3.05) is 0 Å². The number of aryl methyl sites for hydroxylation is 2. The second-order valence-electron chi connectivity index (χ2n) is 3.30. The molecule has 0 saturated heterocycles. The molecule has 0 unspecified atom stereocenters. The maximum Gasteiger partial charge on any atom is -0.0129 e. The predicted molar refractivity (Wildman–Crippen MR) is 72.7 cm³/mol. The molecule has 0 spiro atoms. The highest BCUT2D eigenvalue weighted by Crippen LogP contribution is 2.24. The van der Waals surface area contributed by atoms with Crippen LogP contribution in [0.3, 0.4) is 0 Å². The fourth-order valence-corrected chi connectivity index (χ4v) is 2.05. The topological polar surface area (TPSA) is 0 Å². The summed E-state index contributed by atoms with van der Waals surface area (Å²) in [5.74, 6) is 0. The average Bonchev–Trinajstić information content (AvgIpc) is 2.16. The molecule has 0 aliphatic carbocycles. The van der Waals surface area contributed by atoms with Crippen molar-refractivity contribution in [1.82, 2.24) is 0 Å². The zero-order valence-electron chi connectivity index (χ0n) is 8.84. The molecule has 0 aromatic heterocycles. The number of allylic oxidation sites excluding steroid dienone is 3. The molecule has 0 bridgehead atoms. The van der Waals surface area contributed by atoms with Crippen molar-refractivity contribution in [1.29, 1.82) is 0 Å². The molecule has 14 heavy (non-hydrogen) atoms. The fraction of sp³-hybridized carbons (Fsp3) is 0.231. The van der Waals surface area contributed by atoms with Gasteiger partial charge in [-0.15, -0.1) is 0 Å². The van der Waals surface area contributed by atoms with E-state index < -0.39 is 0 Å². The molecule has 0 aliphatic heterocycles. The third kappa shape index (κ3) is 2.47. The highest BCUT2D eigenvalue weighted by atomic mass is 127. The highest BCUT2D eigenvalue weighted by molar-refractivity contribution is 14.1. The third-order valence-corrected chi connectivity index (χ3v) is 2.68. The molecule has 1 heteroatoms. The van der Waals surface area contributed by atoms with Crippen LogP contribution in [0, 0.1) is 13.8 Å². The van der Waals surface area contributed by atoms with Crippen molar-refractivity contribution in [2.24, 2.45) is 0 Å². The van der Waals surface area contributed by atoms with Crippen LogP contribution in [-0.2, 0) is 0 Å². The van der Waals surface area contributed by atoms with Gasteiger partial charge in [-0.2, -0.15) is 0 Å². The number of hydrogen-bond acceptors (Lipinski definition) is 0. The lowest BCUT2D eigenvalue weighted by molar-refractivity contribution is 1.34. The van der Waals surface area contributed by atoms with Crippen LogP contribution in [0.15, 0.2) is 34.4 Å². The lowest BCUT2D eigenvalue weighted by Gasteiger charge is -2.09. The molecular weight excluding hydrogens is 283 g/mol. The molecule has 0 aliphatic rings. The first-order chi connectivity index (χ1) is 6.70. The van der Waals surface area contributed by atoms with E-state index in [1.807, 2.05) is 0 Å². The van der Waals surface area contributed by atoms with E-state index in [9.17, 15) is 0 Å². The Bertz CT molecular complexity index is 353. The van der Waals surface area contributed by atoms with E-state index in [0.717, 1.165) is 0 Å².